The summed E-state index contributed by atoms with van der Waals surface area (Å²) in [7, 11) is -0.960. The number of hydrogen-bond donors (Lipinski definition) is 2. The van der Waals surface area contributed by atoms with Crippen LogP contribution in [0.4, 0.5) is 0 Å². The minimum absolute atomic E-state index is 0.154. The number of amides is 1. The monoisotopic (exact) mass is 282 g/mol. The lowest BCUT2D eigenvalue weighted by atomic mass is 10.2. The van der Waals surface area contributed by atoms with Crippen LogP contribution in [-0.2, 0) is 21.3 Å². The molecule has 0 bridgehead atoms. The predicted octanol–water partition coefficient (Wildman–Crippen LogP) is 1.18. The fourth-order valence-electron chi connectivity index (χ4n) is 1.69. The lowest BCUT2D eigenvalue weighted by molar-refractivity contribution is -0.122. The largest absolute Gasteiger partial charge is 0.354 e. The molecule has 0 spiro atoms. The molecule has 106 valence electrons. The Balaban J connectivity index is 2.22. The normalized spacial score (nSPS) is 13.8. The van der Waals surface area contributed by atoms with Crippen molar-refractivity contribution in [1.29, 1.82) is 0 Å². The molecule has 4 nitrogen and oxygen atoms in total. The van der Waals surface area contributed by atoms with Gasteiger partial charge in [-0.05, 0) is 12.0 Å². The summed E-state index contributed by atoms with van der Waals surface area (Å²) in [6.45, 7) is 2.40. The third-order valence-corrected chi connectivity index (χ3v) is 4.05. The number of nitrogens with one attached hydrogen (secondary N) is 1. The maximum absolute atomic E-state index is 11.8. The Morgan fingerprint density at radius 1 is 1.37 bits per heavy atom. The highest BCUT2D eigenvalue weighted by atomic mass is 32.2. The van der Waals surface area contributed by atoms with E-state index in [-0.39, 0.29) is 5.91 Å². The zero-order chi connectivity index (χ0) is 14.1. The van der Waals surface area contributed by atoms with Gasteiger partial charge < -0.3 is 11.1 Å². The molecule has 0 radical (unpaired) electrons. The Morgan fingerprint density at radius 2 is 2.05 bits per heavy atom. The predicted molar refractivity (Wildman–Crippen MR) is 79.0 cm³/mol. The number of rotatable bonds is 8. The van der Waals surface area contributed by atoms with Gasteiger partial charge in [0, 0.05) is 28.9 Å². The Morgan fingerprint density at radius 3 is 2.68 bits per heavy atom. The minimum atomic E-state index is -0.960. The molecule has 0 aliphatic carbocycles. The van der Waals surface area contributed by atoms with Crippen molar-refractivity contribution in [2.45, 2.75) is 31.6 Å². The lowest BCUT2D eigenvalue weighted by Gasteiger charge is -2.10. The van der Waals surface area contributed by atoms with Crippen molar-refractivity contribution >= 4 is 16.7 Å². The molecule has 3 N–H and O–H groups in total. The third kappa shape index (κ3) is 6.50. The number of nitrogens with two attached hydrogens (primary N) is 1. The van der Waals surface area contributed by atoms with Crippen LogP contribution >= 0.6 is 0 Å². The molecule has 2 unspecified atom stereocenters. The van der Waals surface area contributed by atoms with Crippen LogP contribution in [0.3, 0.4) is 0 Å². The van der Waals surface area contributed by atoms with Gasteiger partial charge >= 0.3 is 0 Å². The summed E-state index contributed by atoms with van der Waals surface area (Å²) in [6, 6.07) is 9.24. The van der Waals surface area contributed by atoms with E-state index >= 15 is 0 Å². The fraction of sp³-hybridized carbons (Fsp3) is 0.500. The van der Waals surface area contributed by atoms with E-state index in [1.165, 1.54) is 0 Å². The Kier molecular flexibility index (Phi) is 7.36. The fourth-order valence-corrected chi connectivity index (χ4v) is 2.73. The Bertz CT molecular complexity index is 409. The van der Waals surface area contributed by atoms with Gasteiger partial charge in [0.2, 0.25) is 5.91 Å². The van der Waals surface area contributed by atoms with E-state index in [2.05, 4.69) is 5.32 Å². The third-order valence-electron chi connectivity index (χ3n) is 2.74. The van der Waals surface area contributed by atoms with E-state index in [0.717, 1.165) is 12.0 Å². The van der Waals surface area contributed by atoms with Gasteiger partial charge in [-0.3, -0.25) is 9.00 Å². The molecule has 0 fully saturated rings. The van der Waals surface area contributed by atoms with Crippen LogP contribution < -0.4 is 11.1 Å². The van der Waals surface area contributed by atoms with Crippen LogP contribution in [-0.4, -0.2) is 28.5 Å². The van der Waals surface area contributed by atoms with E-state index < -0.39 is 16.8 Å². The van der Waals surface area contributed by atoms with Crippen LogP contribution in [0.2, 0.25) is 0 Å². The first-order valence-corrected chi connectivity index (χ1v) is 8.04. The second-order valence-electron chi connectivity index (χ2n) is 4.46. The second kappa shape index (κ2) is 8.82. The summed E-state index contributed by atoms with van der Waals surface area (Å²) in [5.41, 5.74) is 6.73. The van der Waals surface area contributed by atoms with Crippen molar-refractivity contribution in [3.63, 3.8) is 0 Å². The van der Waals surface area contributed by atoms with E-state index in [9.17, 15) is 9.00 Å². The molecule has 0 saturated carbocycles. The molecular weight excluding hydrogens is 260 g/mol. The zero-order valence-corrected chi connectivity index (χ0v) is 12.1. The SMILES string of the molecule is CCCC(N)C(=O)NCCS(=O)Cc1ccccc1. The highest BCUT2D eigenvalue weighted by Crippen LogP contribution is 2.02. The van der Waals surface area contributed by atoms with Gasteiger partial charge in [0.05, 0.1) is 6.04 Å². The maximum atomic E-state index is 11.8. The molecular formula is C14H22N2O2S. The van der Waals surface area contributed by atoms with Gasteiger partial charge in [-0.2, -0.15) is 0 Å². The van der Waals surface area contributed by atoms with Gasteiger partial charge in [-0.25, -0.2) is 0 Å². The van der Waals surface area contributed by atoms with Crippen LogP contribution in [0.5, 0.6) is 0 Å². The van der Waals surface area contributed by atoms with Gasteiger partial charge in [-0.1, -0.05) is 43.7 Å². The summed E-state index contributed by atoms with van der Waals surface area (Å²) in [5, 5.41) is 2.73. The van der Waals surface area contributed by atoms with Crippen molar-refractivity contribution in [3.8, 4) is 0 Å². The van der Waals surface area contributed by atoms with E-state index in [4.69, 9.17) is 5.73 Å². The molecule has 1 aromatic rings. The standard InChI is InChI=1S/C14H22N2O2S/c1-2-6-13(15)14(17)16-9-10-19(18)11-12-7-4-3-5-8-12/h3-5,7-8,13H,2,6,9-11,15H2,1H3,(H,16,17). The Labute approximate surface area is 117 Å². The molecule has 0 saturated heterocycles. The summed E-state index contributed by atoms with van der Waals surface area (Å²) < 4.78 is 11.8. The number of carbonyl (C=O) groups excluding carboxylic acids is 1. The lowest BCUT2D eigenvalue weighted by Crippen LogP contribution is -2.41. The van der Waals surface area contributed by atoms with Crippen molar-refractivity contribution in [1.82, 2.24) is 5.32 Å². The summed E-state index contributed by atoms with van der Waals surface area (Å²) >= 11 is 0. The van der Waals surface area contributed by atoms with Crippen molar-refractivity contribution in [2.75, 3.05) is 12.3 Å². The van der Waals surface area contributed by atoms with Gasteiger partial charge in [0.15, 0.2) is 0 Å². The molecule has 1 aromatic carbocycles. The number of benzene rings is 1. The Hall–Kier alpha value is -1.20. The summed E-state index contributed by atoms with van der Waals surface area (Å²) in [5.74, 6) is 0.829. The zero-order valence-electron chi connectivity index (χ0n) is 11.3. The summed E-state index contributed by atoms with van der Waals surface area (Å²) in [6.07, 6.45) is 1.56. The average Bonchev–Trinajstić information content (AvgIpc) is 2.40. The van der Waals surface area contributed by atoms with Crippen LogP contribution in [0, 0.1) is 0 Å². The van der Waals surface area contributed by atoms with Gasteiger partial charge in [0.25, 0.3) is 0 Å². The minimum Gasteiger partial charge on any atom is -0.354 e. The highest BCUT2D eigenvalue weighted by Gasteiger charge is 2.11. The summed E-state index contributed by atoms with van der Waals surface area (Å²) in [4.78, 5) is 11.5. The van der Waals surface area contributed by atoms with Gasteiger partial charge in [0.1, 0.15) is 0 Å². The van der Waals surface area contributed by atoms with Crippen LogP contribution in [0.1, 0.15) is 25.3 Å². The molecule has 0 aliphatic rings. The first-order chi connectivity index (χ1) is 9.13. The molecule has 0 aliphatic heterocycles. The molecule has 19 heavy (non-hydrogen) atoms. The quantitative estimate of drug-likeness (QED) is 0.752. The van der Waals surface area contributed by atoms with E-state index in [1.54, 1.807) is 0 Å². The van der Waals surface area contributed by atoms with Crippen molar-refractivity contribution in [2.24, 2.45) is 5.73 Å². The molecule has 2 atom stereocenters. The molecule has 0 aromatic heterocycles. The second-order valence-corrected chi connectivity index (χ2v) is 6.04. The first-order valence-electron chi connectivity index (χ1n) is 6.55. The molecule has 5 heteroatoms. The molecule has 1 rings (SSSR count). The van der Waals surface area contributed by atoms with Crippen LogP contribution in [0.25, 0.3) is 0 Å². The number of hydrogen-bond acceptors (Lipinski definition) is 3. The average molecular weight is 282 g/mol. The molecule has 0 heterocycles. The number of carbonyl (C=O) groups is 1. The smallest absolute Gasteiger partial charge is 0.236 e. The van der Waals surface area contributed by atoms with Crippen LogP contribution in [0.15, 0.2) is 30.3 Å². The topological polar surface area (TPSA) is 72.2 Å². The van der Waals surface area contributed by atoms with Gasteiger partial charge in [-0.15, -0.1) is 0 Å². The van der Waals surface area contributed by atoms with Crippen molar-refractivity contribution < 1.29 is 9.00 Å². The first kappa shape index (κ1) is 15.9. The molecule has 1 amide bonds. The van der Waals surface area contributed by atoms with E-state index in [0.29, 0.717) is 24.5 Å². The van der Waals surface area contributed by atoms with Crippen molar-refractivity contribution in [3.05, 3.63) is 35.9 Å². The van der Waals surface area contributed by atoms with E-state index in [1.807, 2.05) is 37.3 Å². The maximum Gasteiger partial charge on any atom is 0.236 e. The highest BCUT2D eigenvalue weighted by molar-refractivity contribution is 7.84.